The van der Waals surface area contributed by atoms with Crippen LogP contribution in [0.2, 0.25) is 0 Å². The average molecular weight is 378 g/mol. The Bertz CT molecular complexity index is 779. The first-order chi connectivity index (χ1) is 11.5. The van der Waals surface area contributed by atoms with E-state index in [9.17, 15) is 0 Å². The van der Waals surface area contributed by atoms with Gasteiger partial charge in [-0.1, -0.05) is 23.9 Å². The highest BCUT2D eigenvalue weighted by Crippen LogP contribution is 2.42. The summed E-state index contributed by atoms with van der Waals surface area (Å²) in [6.07, 6.45) is 4.88. The fourth-order valence-corrected chi connectivity index (χ4v) is 5.60. The molecule has 6 heteroatoms. The molecule has 0 aromatic carbocycles. The number of likely N-dealkylation sites (N-methyl/N-ethyl adjacent to an activating group) is 1. The van der Waals surface area contributed by atoms with Gasteiger partial charge in [-0.25, -0.2) is 9.97 Å². The number of hydrogen-bond acceptors (Lipinski definition) is 6. The van der Waals surface area contributed by atoms with Crippen LogP contribution in [0.15, 0.2) is 35.5 Å². The number of thioether (sulfide) groups is 2. The summed E-state index contributed by atoms with van der Waals surface area (Å²) in [6, 6.07) is 0. The molecule has 0 saturated carbocycles. The van der Waals surface area contributed by atoms with Crippen LogP contribution >= 0.6 is 34.9 Å². The lowest BCUT2D eigenvalue weighted by molar-refractivity contribution is 0.136. The third kappa shape index (κ3) is 3.43. The molecule has 0 aliphatic carbocycles. The number of hydrogen-bond donors (Lipinski definition) is 0. The molecule has 3 rings (SSSR count). The summed E-state index contributed by atoms with van der Waals surface area (Å²) in [5, 5.41) is 3.22. The highest BCUT2D eigenvalue weighted by molar-refractivity contribution is 8.00. The third-order valence-electron chi connectivity index (χ3n) is 4.37. The van der Waals surface area contributed by atoms with Crippen molar-refractivity contribution in [1.82, 2.24) is 14.9 Å². The molecular weight excluding hydrogens is 354 g/mol. The molecule has 128 valence electrons. The summed E-state index contributed by atoms with van der Waals surface area (Å²) >= 11 is 5.23. The molecule has 0 N–H and O–H groups in total. The van der Waals surface area contributed by atoms with Gasteiger partial charge in [-0.05, 0) is 32.9 Å². The summed E-state index contributed by atoms with van der Waals surface area (Å²) in [7, 11) is 2.21. The Hall–Kier alpha value is -0.820. The van der Waals surface area contributed by atoms with E-state index in [2.05, 4.69) is 39.0 Å². The van der Waals surface area contributed by atoms with Gasteiger partial charge in [-0.3, -0.25) is 4.90 Å². The first-order valence-electron chi connectivity index (χ1n) is 7.97. The van der Waals surface area contributed by atoms with Crippen LogP contribution in [0.1, 0.15) is 24.3 Å². The molecule has 0 radical (unpaired) electrons. The van der Waals surface area contributed by atoms with E-state index in [0.29, 0.717) is 0 Å². The van der Waals surface area contributed by atoms with Crippen LogP contribution < -0.4 is 0 Å². The minimum atomic E-state index is 0.164. The monoisotopic (exact) mass is 377 g/mol. The van der Waals surface area contributed by atoms with Gasteiger partial charge in [-0.15, -0.1) is 36.3 Å². The highest BCUT2D eigenvalue weighted by Gasteiger charge is 2.33. The number of nitrogens with zero attached hydrogens (tertiary/aromatic N) is 3. The molecule has 0 atom stereocenters. The van der Waals surface area contributed by atoms with Gasteiger partial charge >= 0.3 is 0 Å². The normalized spacial score (nSPS) is 17.0. The van der Waals surface area contributed by atoms with Gasteiger partial charge in [0.2, 0.25) is 0 Å². The summed E-state index contributed by atoms with van der Waals surface area (Å²) in [5.74, 6) is 1.70. The molecular formula is C18H23N3S3. The first kappa shape index (κ1) is 18.0. The van der Waals surface area contributed by atoms with Crippen molar-refractivity contribution in [3.63, 3.8) is 0 Å². The van der Waals surface area contributed by atoms with E-state index < -0.39 is 0 Å². The second-order valence-electron chi connectivity index (χ2n) is 6.54. The molecule has 0 unspecified atom stereocenters. The van der Waals surface area contributed by atoms with Crippen LogP contribution in [-0.2, 0) is 13.0 Å². The zero-order valence-electron chi connectivity index (χ0n) is 14.5. The molecule has 0 saturated heterocycles. The Kier molecular flexibility index (Phi) is 5.39. The van der Waals surface area contributed by atoms with E-state index in [0.717, 1.165) is 39.5 Å². The molecule has 3 heterocycles. The van der Waals surface area contributed by atoms with Crippen molar-refractivity contribution in [1.29, 1.82) is 0 Å². The summed E-state index contributed by atoms with van der Waals surface area (Å²) < 4.78 is 0. The van der Waals surface area contributed by atoms with E-state index >= 15 is 0 Å². The Morgan fingerprint density at radius 1 is 1.21 bits per heavy atom. The molecule has 0 amide bonds. The van der Waals surface area contributed by atoms with Gasteiger partial charge < -0.3 is 0 Å². The smallest absolute Gasteiger partial charge is 0.190 e. The second kappa shape index (κ2) is 7.20. The van der Waals surface area contributed by atoms with Crippen molar-refractivity contribution >= 4 is 45.1 Å². The molecule has 2 aromatic rings. The fourth-order valence-electron chi connectivity index (χ4n) is 2.80. The zero-order valence-corrected chi connectivity index (χ0v) is 16.9. The van der Waals surface area contributed by atoms with Crippen molar-refractivity contribution in [2.75, 3.05) is 18.6 Å². The van der Waals surface area contributed by atoms with E-state index in [1.165, 1.54) is 15.8 Å². The topological polar surface area (TPSA) is 29.0 Å². The van der Waals surface area contributed by atoms with Gasteiger partial charge in [0.25, 0.3) is 0 Å². The number of rotatable bonds is 6. The molecule has 0 spiro atoms. The largest absolute Gasteiger partial charge is 0.296 e. The van der Waals surface area contributed by atoms with Crippen LogP contribution in [0.3, 0.4) is 0 Å². The molecule has 1 aliphatic heterocycles. The van der Waals surface area contributed by atoms with Crippen molar-refractivity contribution in [3.05, 3.63) is 35.8 Å². The van der Waals surface area contributed by atoms with Crippen LogP contribution in [-0.4, -0.2) is 39.0 Å². The predicted octanol–water partition coefficient (Wildman–Crippen LogP) is 5.01. The van der Waals surface area contributed by atoms with Gasteiger partial charge in [0, 0.05) is 33.9 Å². The average Bonchev–Trinajstić information content (AvgIpc) is 2.87. The highest BCUT2D eigenvalue weighted by atomic mass is 32.2. The predicted molar refractivity (Wildman–Crippen MR) is 109 cm³/mol. The van der Waals surface area contributed by atoms with E-state index in [1.54, 1.807) is 23.5 Å². The molecule has 3 nitrogen and oxygen atoms in total. The fraction of sp³-hybridized carbons (Fsp3) is 0.444. The van der Waals surface area contributed by atoms with Crippen molar-refractivity contribution in [2.24, 2.45) is 0 Å². The second-order valence-corrected chi connectivity index (χ2v) is 9.62. The third-order valence-corrected chi connectivity index (χ3v) is 7.30. The number of aromatic nitrogens is 2. The summed E-state index contributed by atoms with van der Waals surface area (Å²) in [6.45, 7) is 13.3. The van der Waals surface area contributed by atoms with Crippen LogP contribution in [0.5, 0.6) is 0 Å². The summed E-state index contributed by atoms with van der Waals surface area (Å²) in [5.41, 5.74) is 1.61. The Morgan fingerprint density at radius 3 is 2.62 bits per heavy atom. The van der Waals surface area contributed by atoms with Crippen molar-refractivity contribution < 1.29 is 0 Å². The first-order valence-corrected chi connectivity index (χ1v) is 10.8. The van der Waals surface area contributed by atoms with E-state index in [4.69, 9.17) is 9.97 Å². The lowest BCUT2D eigenvalue weighted by Crippen LogP contribution is -2.45. The van der Waals surface area contributed by atoms with Crippen molar-refractivity contribution in [2.45, 2.75) is 42.5 Å². The molecule has 2 aromatic heterocycles. The number of thiophene rings is 1. The van der Waals surface area contributed by atoms with Gasteiger partial charge in [0.15, 0.2) is 5.16 Å². The maximum absolute atomic E-state index is 4.84. The molecule has 24 heavy (non-hydrogen) atoms. The van der Waals surface area contributed by atoms with Crippen LogP contribution in [0.4, 0.5) is 0 Å². The Labute approximate surface area is 156 Å². The Balaban J connectivity index is 2.12. The maximum Gasteiger partial charge on any atom is 0.190 e. The Morgan fingerprint density at radius 2 is 1.92 bits per heavy atom. The SMILES string of the molecule is C=CCSc1nc(SCC=C)c2c3c(sc2n1)CN(C)C(C)(C)C3. The minimum absolute atomic E-state index is 0.164. The van der Waals surface area contributed by atoms with Gasteiger partial charge in [0.1, 0.15) is 9.86 Å². The van der Waals surface area contributed by atoms with Gasteiger partial charge in [-0.2, -0.15) is 0 Å². The lowest BCUT2D eigenvalue weighted by Gasteiger charge is -2.39. The standard InChI is InChI=1S/C18H23N3S3/c1-6-8-22-15-14-12-10-18(3,4)21(5)11-13(12)24-16(14)20-17(19-15)23-9-7-2/h6-7H,1-2,8-11H2,3-5H3. The van der Waals surface area contributed by atoms with Crippen molar-refractivity contribution in [3.8, 4) is 0 Å². The lowest BCUT2D eigenvalue weighted by atomic mass is 9.89. The van der Waals surface area contributed by atoms with E-state index in [-0.39, 0.29) is 5.54 Å². The molecule has 0 fully saturated rings. The number of fused-ring (bicyclic) bond motifs is 3. The minimum Gasteiger partial charge on any atom is -0.296 e. The van der Waals surface area contributed by atoms with Crippen LogP contribution in [0, 0.1) is 0 Å². The van der Waals surface area contributed by atoms with Crippen LogP contribution in [0.25, 0.3) is 10.2 Å². The molecule has 0 bridgehead atoms. The zero-order chi connectivity index (χ0) is 17.3. The summed E-state index contributed by atoms with van der Waals surface area (Å²) in [4.78, 5) is 14.7. The maximum atomic E-state index is 4.84. The van der Waals surface area contributed by atoms with E-state index in [1.807, 2.05) is 23.5 Å². The molecule has 1 aliphatic rings. The quantitative estimate of drug-likeness (QED) is 0.305. The van der Waals surface area contributed by atoms with Gasteiger partial charge in [0.05, 0.1) is 0 Å².